The van der Waals surface area contributed by atoms with Crippen molar-refractivity contribution in [3.8, 4) is 0 Å². The first kappa shape index (κ1) is 20.2. The normalized spacial score (nSPS) is 13.9. The third-order valence-electron chi connectivity index (χ3n) is 4.92. The summed E-state index contributed by atoms with van der Waals surface area (Å²) in [6.07, 6.45) is 0. The number of imide groups is 1. The van der Waals surface area contributed by atoms with Gasteiger partial charge in [0.15, 0.2) is 0 Å². The summed E-state index contributed by atoms with van der Waals surface area (Å²) >= 11 is 12.5. The summed E-state index contributed by atoms with van der Waals surface area (Å²) in [7, 11) is 0. The number of rotatable bonds is 5. The Bertz CT molecular complexity index is 1140. The van der Waals surface area contributed by atoms with Gasteiger partial charge >= 0.3 is 0 Å². The topological polar surface area (TPSA) is 40.6 Å². The lowest BCUT2D eigenvalue weighted by molar-refractivity contribution is -0.120. The summed E-state index contributed by atoms with van der Waals surface area (Å²) < 4.78 is 0. The number of anilines is 2. The Morgan fingerprint density at radius 3 is 2.10 bits per heavy atom. The Labute approximate surface area is 184 Å². The number of amides is 2. The maximum atomic E-state index is 13.6. The minimum Gasteiger partial charge on any atom is -0.337 e. The van der Waals surface area contributed by atoms with Crippen LogP contribution in [0.3, 0.4) is 0 Å². The van der Waals surface area contributed by atoms with E-state index in [0.717, 1.165) is 10.6 Å². The van der Waals surface area contributed by atoms with E-state index in [0.29, 0.717) is 28.4 Å². The minimum atomic E-state index is -0.436. The van der Waals surface area contributed by atoms with Crippen LogP contribution in [0, 0.1) is 0 Å². The van der Waals surface area contributed by atoms with E-state index in [9.17, 15) is 9.59 Å². The van der Waals surface area contributed by atoms with Crippen molar-refractivity contribution >= 4 is 52.0 Å². The lowest BCUT2D eigenvalue weighted by Gasteiger charge is -2.25. The molecule has 0 saturated carbocycles. The van der Waals surface area contributed by atoms with Gasteiger partial charge in [-0.05, 0) is 42.8 Å². The number of nitrogens with zero attached hydrogens (tertiary/aromatic N) is 2. The Morgan fingerprint density at radius 2 is 1.47 bits per heavy atom. The van der Waals surface area contributed by atoms with E-state index in [2.05, 4.69) is 0 Å². The van der Waals surface area contributed by atoms with Crippen molar-refractivity contribution in [2.45, 2.75) is 6.92 Å². The molecule has 0 unspecified atom stereocenters. The van der Waals surface area contributed by atoms with Gasteiger partial charge in [0.1, 0.15) is 5.70 Å². The monoisotopic (exact) mass is 436 g/mol. The zero-order valence-electron chi connectivity index (χ0n) is 16.2. The van der Waals surface area contributed by atoms with E-state index >= 15 is 0 Å². The van der Waals surface area contributed by atoms with Crippen molar-refractivity contribution in [1.82, 2.24) is 0 Å². The molecule has 1 aliphatic rings. The van der Waals surface area contributed by atoms with Gasteiger partial charge in [-0.15, -0.1) is 0 Å². The van der Waals surface area contributed by atoms with Crippen molar-refractivity contribution in [3.63, 3.8) is 0 Å². The molecule has 0 radical (unpaired) electrons. The minimum absolute atomic E-state index is 0.270. The molecule has 0 atom stereocenters. The van der Waals surface area contributed by atoms with Gasteiger partial charge in [-0.3, -0.25) is 9.59 Å². The van der Waals surface area contributed by atoms with Crippen molar-refractivity contribution in [2.75, 3.05) is 16.3 Å². The molecule has 0 fully saturated rings. The van der Waals surface area contributed by atoms with E-state index in [1.54, 1.807) is 12.1 Å². The molecule has 0 aromatic heterocycles. The maximum Gasteiger partial charge on any atom is 0.282 e. The van der Waals surface area contributed by atoms with Gasteiger partial charge < -0.3 is 4.90 Å². The summed E-state index contributed by atoms with van der Waals surface area (Å²) in [5.41, 5.74) is 2.41. The van der Waals surface area contributed by atoms with Crippen LogP contribution in [0.15, 0.2) is 84.6 Å². The van der Waals surface area contributed by atoms with E-state index in [-0.39, 0.29) is 10.7 Å². The zero-order chi connectivity index (χ0) is 21.3. The van der Waals surface area contributed by atoms with Gasteiger partial charge in [0.2, 0.25) is 0 Å². The van der Waals surface area contributed by atoms with Crippen LogP contribution in [0.2, 0.25) is 10.0 Å². The van der Waals surface area contributed by atoms with Gasteiger partial charge in [0.25, 0.3) is 11.8 Å². The van der Waals surface area contributed by atoms with Gasteiger partial charge in [0, 0.05) is 17.3 Å². The quantitative estimate of drug-likeness (QED) is 0.474. The summed E-state index contributed by atoms with van der Waals surface area (Å²) in [6.45, 7) is 2.45. The molecule has 0 aliphatic carbocycles. The van der Waals surface area contributed by atoms with Gasteiger partial charge in [-0.2, -0.15) is 0 Å². The van der Waals surface area contributed by atoms with Crippen LogP contribution in [0.1, 0.15) is 12.5 Å². The highest BCUT2D eigenvalue weighted by Gasteiger charge is 2.43. The molecule has 3 aromatic carbocycles. The number of likely N-dealkylation sites (N-methyl/N-ethyl adjacent to an activating group) is 1. The zero-order valence-corrected chi connectivity index (χ0v) is 17.7. The molecule has 3 aromatic rings. The first-order valence-electron chi connectivity index (χ1n) is 9.49. The Morgan fingerprint density at radius 1 is 0.833 bits per heavy atom. The molecular formula is C24H18Cl2N2O2. The molecule has 6 heteroatoms. The average molecular weight is 437 g/mol. The smallest absolute Gasteiger partial charge is 0.282 e. The highest BCUT2D eigenvalue weighted by molar-refractivity contribution is 6.48. The lowest BCUT2D eigenvalue weighted by Crippen LogP contribution is -2.35. The predicted molar refractivity (Wildman–Crippen MR) is 122 cm³/mol. The molecule has 0 saturated heterocycles. The second-order valence-electron chi connectivity index (χ2n) is 6.71. The third-order valence-corrected chi connectivity index (χ3v) is 5.48. The van der Waals surface area contributed by atoms with E-state index in [1.807, 2.05) is 72.5 Å². The SMILES string of the molecule is CCN(C1=C(c2ccccc2)C(=O)N(c2cc(Cl)ccc2Cl)C1=O)c1ccccc1. The van der Waals surface area contributed by atoms with Crippen molar-refractivity contribution < 1.29 is 9.59 Å². The van der Waals surface area contributed by atoms with Crippen LogP contribution < -0.4 is 9.80 Å². The molecule has 2 amide bonds. The molecule has 0 spiro atoms. The summed E-state index contributed by atoms with van der Waals surface area (Å²) in [6, 6.07) is 23.4. The number of hydrogen-bond donors (Lipinski definition) is 0. The van der Waals surface area contributed by atoms with Crippen LogP contribution in [-0.2, 0) is 9.59 Å². The summed E-state index contributed by atoms with van der Waals surface area (Å²) in [4.78, 5) is 30.2. The first-order valence-corrected chi connectivity index (χ1v) is 10.2. The molecule has 30 heavy (non-hydrogen) atoms. The van der Waals surface area contributed by atoms with Gasteiger partial charge in [-0.25, -0.2) is 4.90 Å². The van der Waals surface area contributed by atoms with Crippen LogP contribution in [0.25, 0.3) is 5.57 Å². The highest BCUT2D eigenvalue weighted by Crippen LogP contribution is 2.39. The molecule has 1 aliphatic heterocycles. The predicted octanol–water partition coefficient (Wildman–Crippen LogP) is 5.80. The number of benzene rings is 3. The molecule has 0 bridgehead atoms. The van der Waals surface area contributed by atoms with Crippen molar-refractivity contribution in [2.24, 2.45) is 0 Å². The number of para-hydroxylation sites is 1. The van der Waals surface area contributed by atoms with Crippen LogP contribution in [-0.4, -0.2) is 18.4 Å². The van der Waals surface area contributed by atoms with Crippen molar-refractivity contribution in [3.05, 3.63) is 100 Å². The first-order chi connectivity index (χ1) is 14.5. The molecule has 0 N–H and O–H groups in total. The maximum absolute atomic E-state index is 13.6. The standard InChI is InChI=1S/C24H18Cl2N2O2/c1-2-27(18-11-7-4-8-12-18)22-21(16-9-5-3-6-10-16)23(29)28(24(22)30)20-15-17(25)13-14-19(20)26/h3-15H,2H2,1H3. The Hall–Kier alpha value is -3.08. The largest absolute Gasteiger partial charge is 0.337 e. The highest BCUT2D eigenvalue weighted by atomic mass is 35.5. The average Bonchev–Trinajstić information content (AvgIpc) is 3.02. The fourth-order valence-corrected chi connectivity index (χ4v) is 3.96. The summed E-state index contributed by atoms with van der Waals surface area (Å²) in [5, 5.41) is 0.664. The van der Waals surface area contributed by atoms with Gasteiger partial charge in [-0.1, -0.05) is 71.7 Å². The number of halogens is 2. The second kappa shape index (κ2) is 8.34. The number of carbonyl (C=O) groups excluding carboxylic acids is 2. The second-order valence-corrected chi connectivity index (χ2v) is 7.55. The van der Waals surface area contributed by atoms with Crippen LogP contribution >= 0.6 is 23.2 Å². The molecular weight excluding hydrogens is 419 g/mol. The molecule has 4 rings (SSSR count). The number of carbonyl (C=O) groups is 2. The molecule has 150 valence electrons. The third kappa shape index (κ3) is 3.49. The fourth-order valence-electron chi connectivity index (χ4n) is 3.59. The van der Waals surface area contributed by atoms with Crippen LogP contribution in [0.5, 0.6) is 0 Å². The van der Waals surface area contributed by atoms with Crippen molar-refractivity contribution in [1.29, 1.82) is 0 Å². The fraction of sp³-hybridized carbons (Fsp3) is 0.0833. The Balaban J connectivity index is 1.93. The van der Waals surface area contributed by atoms with Crippen LogP contribution in [0.4, 0.5) is 11.4 Å². The van der Waals surface area contributed by atoms with E-state index < -0.39 is 11.8 Å². The van der Waals surface area contributed by atoms with Gasteiger partial charge in [0.05, 0.1) is 16.3 Å². The lowest BCUT2D eigenvalue weighted by atomic mass is 10.0. The molecule has 4 nitrogen and oxygen atoms in total. The van der Waals surface area contributed by atoms with E-state index in [1.165, 1.54) is 6.07 Å². The summed E-state index contributed by atoms with van der Waals surface area (Å²) in [5.74, 6) is -0.867. The molecule has 1 heterocycles. The Kier molecular flexibility index (Phi) is 5.62. The number of hydrogen-bond acceptors (Lipinski definition) is 3. The van der Waals surface area contributed by atoms with E-state index in [4.69, 9.17) is 23.2 Å².